The summed E-state index contributed by atoms with van der Waals surface area (Å²) in [7, 11) is 1.43. The molecule has 1 saturated carbocycles. The highest BCUT2D eigenvalue weighted by Crippen LogP contribution is 2.21. The Labute approximate surface area is 73.6 Å². The van der Waals surface area contributed by atoms with Gasteiger partial charge in [-0.2, -0.15) is 0 Å². The molecule has 2 heteroatoms. The molecule has 0 unspecified atom stereocenters. The van der Waals surface area contributed by atoms with E-state index in [9.17, 15) is 4.79 Å². The summed E-state index contributed by atoms with van der Waals surface area (Å²) in [6, 6.07) is 0. The molecular weight excluding hydrogens is 152 g/mol. The standard InChI is InChI=1S/C10H16O2/c1-12-10(11)8-9-6-4-2-3-5-7-9/h8H,2-7H2,1H3. The molecular formula is C10H16O2. The Morgan fingerprint density at radius 2 is 1.83 bits per heavy atom. The van der Waals surface area contributed by atoms with Crippen LogP contribution in [-0.2, 0) is 9.53 Å². The molecule has 0 bridgehead atoms. The number of esters is 1. The van der Waals surface area contributed by atoms with Crippen LogP contribution in [0.25, 0.3) is 0 Å². The summed E-state index contributed by atoms with van der Waals surface area (Å²) >= 11 is 0. The first-order chi connectivity index (χ1) is 5.83. The Bertz CT molecular complexity index is 172. The molecule has 1 aliphatic rings. The smallest absolute Gasteiger partial charge is 0.330 e. The molecule has 0 aliphatic heterocycles. The first-order valence-electron chi connectivity index (χ1n) is 4.60. The van der Waals surface area contributed by atoms with Gasteiger partial charge in [0, 0.05) is 6.08 Å². The van der Waals surface area contributed by atoms with E-state index < -0.39 is 0 Å². The molecule has 0 amide bonds. The van der Waals surface area contributed by atoms with Crippen LogP contribution in [0.2, 0.25) is 0 Å². The van der Waals surface area contributed by atoms with Crippen LogP contribution in [0.15, 0.2) is 11.6 Å². The van der Waals surface area contributed by atoms with Gasteiger partial charge in [-0.05, 0) is 25.7 Å². The van der Waals surface area contributed by atoms with E-state index in [0.29, 0.717) is 0 Å². The van der Waals surface area contributed by atoms with Crippen LogP contribution in [0.5, 0.6) is 0 Å². The fourth-order valence-electron chi connectivity index (χ4n) is 1.55. The summed E-state index contributed by atoms with van der Waals surface area (Å²) in [5, 5.41) is 0. The van der Waals surface area contributed by atoms with Crippen LogP contribution in [0, 0.1) is 0 Å². The van der Waals surface area contributed by atoms with Gasteiger partial charge in [0.1, 0.15) is 0 Å². The van der Waals surface area contributed by atoms with Crippen LogP contribution >= 0.6 is 0 Å². The molecule has 1 fully saturated rings. The average Bonchev–Trinajstić information content (AvgIpc) is 2.33. The summed E-state index contributed by atoms with van der Waals surface area (Å²) in [5.74, 6) is -0.202. The van der Waals surface area contributed by atoms with Crippen LogP contribution in [0.4, 0.5) is 0 Å². The van der Waals surface area contributed by atoms with Gasteiger partial charge < -0.3 is 4.74 Å². The van der Waals surface area contributed by atoms with Crippen molar-refractivity contribution in [2.45, 2.75) is 38.5 Å². The number of methoxy groups -OCH3 is 1. The van der Waals surface area contributed by atoms with Crippen molar-refractivity contribution < 1.29 is 9.53 Å². The number of rotatable bonds is 1. The minimum Gasteiger partial charge on any atom is -0.466 e. The van der Waals surface area contributed by atoms with Crippen LogP contribution < -0.4 is 0 Å². The van der Waals surface area contributed by atoms with E-state index in [-0.39, 0.29) is 5.97 Å². The van der Waals surface area contributed by atoms with Crippen molar-refractivity contribution in [2.24, 2.45) is 0 Å². The summed E-state index contributed by atoms with van der Waals surface area (Å²) < 4.78 is 4.58. The Hall–Kier alpha value is -0.790. The van der Waals surface area contributed by atoms with Gasteiger partial charge in [0.2, 0.25) is 0 Å². The summed E-state index contributed by atoms with van der Waals surface area (Å²) in [4.78, 5) is 10.9. The largest absolute Gasteiger partial charge is 0.466 e. The zero-order valence-electron chi connectivity index (χ0n) is 7.64. The molecule has 0 aromatic heterocycles. The number of carbonyl (C=O) groups is 1. The van der Waals surface area contributed by atoms with E-state index >= 15 is 0 Å². The number of ether oxygens (including phenoxy) is 1. The highest BCUT2D eigenvalue weighted by molar-refractivity contribution is 5.82. The molecule has 0 N–H and O–H groups in total. The highest BCUT2D eigenvalue weighted by Gasteiger charge is 2.05. The van der Waals surface area contributed by atoms with Crippen LogP contribution in [0.1, 0.15) is 38.5 Å². The lowest BCUT2D eigenvalue weighted by Gasteiger charge is -2.00. The molecule has 0 atom stereocenters. The van der Waals surface area contributed by atoms with Crippen molar-refractivity contribution >= 4 is 5.97 Å². The van der Waals surface area contributed by atoms with E-state index in [4.69, 9.17) is 0 Å². The third-order valence-corrected chi connectivity index (χ3v) is 2.27. The first-order valence-corrected chi connectivity index (χ1v) is 4.60. The normalized spacial score (nSPS) is 18.2. The number of allylic oxidation sites excluding steroid dienone is 1. The predicted molar refractivity (Wildman–Crippen MR) is 47.8 cm³/mol. The van der Waals surface area contributed by atoms with Gasteiger partial charge in [-0.15, -0.1) is 0 Å². The van der Waals surface area contributed by atoms with Crippen molar-refractivity contribution in [2.75, 3.05) is 7.11 Å². The van der Waals surface area contributed by atoms with Gasteiger partial charge >= 0.3 is 5.97 Å². The summed E-state index contributed by atoms with van der Waals surface area (Å²) in [6.45, 7) is 0. The Kier molecular flexibility index (Phi) is 3.85. The molecule has 1 rings (SSSR count). The Morgan fingerprint density at radius 3 is 2.33 bits per heavy atom. The third kappa shape index (κ3) is 3.07. The predicted octanol–water partition coefficient (Wildman–Crippen LogP) is 2.44. The number of hydrogen-bond donors (Lipinski definition) is 0. The maximum absolute atomic E-state index is 10.9. The lowest BCUT2D eigenvalue weighted by atomic mass is 10.1. The van der Waals surface area contributed by atoms with E-state index in [2.05, 4.69) is 4.74 Å². The molecule has 0 saturated heterocycles. The Morgan fingerprint density at radius 1 is 1.25 bits per heavy atom. The molecule has 1 aliphatic carbocycles. The lowest BCUT2D eigenvalue weighted by molar-refractivity contribution is -0.134. The van der Waals surface area contributed by atoms with Crippen molar-refractivity contribution in [3.8, 4) is 0 Å². The second-order valence-corrected chi connectivity index (χ2v) is 3.24. The molecule has 0 heterocycles. The average molecular weight is 168 g/mol. The van der Waals surface area contributed by atoms with Crippen LogP contribution in [0.3, 0.4) is 0 Å². The second kappa shape index (κ2) is 4.96. The van der Waals surface area contributed by atoms with Gasteiger partial charge in [-0.3, -0.25) is 0 Å². The summed E-state index contributed by atoms with van der Waals surface area (Å²) in [5.41, 5.74) is 1.26. The zero-order valence-corrected chi connectivity index (χ0v) is 7.64. The van der Waals surface area contributed by atoms with Crippen molar-refractivity contribution in [1.29, 1.82) is 0 Å². The van der Waals surface area contributed by atoms with Gasteiger partial charge in [-0.25, -0.2) is 4.79 Å². The minimum absolute atomic E-state index is 0.202. The molecule has 0 aromatic carbocycles. The van der Waals surface area contributed by atoms with Crippen molar-refractivity contribution in [1.82, 2.24) is 0 Å². The molecule has 0 aromatic rings. The fourth-order valence-corrected chi connectivity index (χ4v) is 1.55. The number of hydrogen-bond acceptors (Lipinski definition) is 2. The maximum Gasteiger partial charge on any atom is 0.330 e. The molecule has 0 radical (unpaired) electrons. The van der Waals surface area contributed by atoms with Crippen molar-refractivity contribution in [3.63, 3.8) is 0 Å². The topological polar surface area (TPSA) is 26.3 Å². The van der Waals surface area contributed by atoms with Gasteiger partial charge in [0.15, 0.2) is 0 Å². The number of carbonyl (C=O) groups excluding carboxylic acids is 1. The Balaban J connectivity index is 2.47. The first kappa shape index (κ1) is 9.30. The van der Waals surface area contributed by atoms with Crippen LogP contribution in [-0.4, -0.2) is 13.1 Å². The van der Waals surface area contributed by atoms with Gasteiger partial charge in [-0.1, -0.05) is 18.4 Å². The molecule has 0 spiro atoms. The van der Waals surface area contributed by atoms with E-state index in [1.807, 2.05) is 0 Å². The molecule has 68 valence electrons. The highest BCUT2D eigenvalue weighted by atomic mass is 16.5. The zero-order chi connectivity index (χ0) is 8.81. The minimum atomic E-state index is -0.202. The van der Waals surface area contributed by atoms with Crippen molar-refractivity contribution in [3.05, 3.63) is 11.6 Å². The lowest BCUT2D eigenvalue weighted by Crippen LogP contribution is -1.96. The quantitative estimate of drug-likeness (QED) is 0.341. The van der Waals surface area contributed by atoms with Gasteiger partial charge in [0.05, 0.1) is 7.11 Å². The van der Waals surface area contributed by atoms with E-state index in [0.717, 1.165) is 12.8 Å². The fraction of sp³-hybridized carbons (Fsp3) is 0.700. The SMILES string of the molecule is COC(=O)C=C1CCCCCC1. The monoisotopic (exact) mass is 168 g/mol. The second-order valence-electron chi connectivity index (χ2n) is 3.24. The molecule has 12 heavy (non-hydrogen) atoms. The summed E-state index contributed by atoms with van der Waals surface area (Å²) in [6.07, 6.45) is 8.87. The van der Waals surface area contributed by atoms with E-state index in [1.54, 1.807) is 6.08 Å². The van der Waals surface area contributed by atoms with E-state index in [1.165, 1.54) is 38.4 Å². The third-order valence-electron chi connectivity index (χ3n) is 2.27. The molecule has 2 nitrogen and oxygen atoms in total. The van der Waals surface area contributed by atoms with Gasteiger partial charge in [0.25, 0.3) is 0 Å². The maximum atomic E-state index is 10.9.